The molecule has 2 amide bonds. The molecule has 0 aromatic carbocycles. The van der Waals surface area contributed by atoms with Gasteiger partial charge in [0.25, 0.3) is 0 Å². The van der Waals surface area contributed by atoms with Crippen molar-refractivity contribution in [2.24, 2.45) is 5.92 Å². The highest BCUT2D eigenvalue weighted by atomic mass is 16.2. The highest BCUT2D eigenvalue weighted by molar-refractivity contribution is 5.80. The summed E-state index contributed by atoms with van der Waals surface area (Å²) in [6, 6.07) is 4.18. The molecule has 5 nitrogen and oxygen atoms in total. The molecule has 1 atom stereocenters. The molecular formula is C18H25N3O2. The quantitative estimate of drug-likeness (QED) is 0.833. The van der Waals surface area contributed by atoms with Crippen LogP contribution in [0, 0.1) is 5.92 Å². The van der Waals surface area contributed by atoms with E-state index in [2.05, 4.69) is 9.88 Å². The smallest absolute Gasteiger partial charge is 0.226 e. The maximum absolute atomic E-state index is 12.3. The van der Waals surface area contributed by atoms with Crippen molar-refractivity contribution in [1.82, 2.24) is 14.8 Å². The predicted molar refractivity (Wildman–Crippen MR) is 87.7 cm³/mol. The van der Waals surface area contributed by atoms with Crippen LogP contribution < -0.4 is 0 Å². The Balaban J connectivity index is 1.51. The highest BCUT2D eigenvalue weighted by Crippen LogP contribution is 2.29. The molecule has 124 valence electrons. The molecule has 0 radical (unpaired) electrons. The van der Waals surface area contributed by atoms with Crippen LogP contribution >= 0.6 is 0 Å². The number of pyridine rings is 1. The van der Waals surface area contributed by atoms with Gasteiger partial charge in [-0.05, 0) is 30.5 Å². The molecule has 5 heteroatoms. The summed E-state index contributed by atoms with van der Waals surface area (Å²) in [6.45, 7) is 1.48. The van der Waals surface area contributed by atoms with E-state index in [1.54, 1.807) is 17.3 Å². The van der Waals surface area contributed by atoms with Gasteiger partial charge < -0.3 is 9.80 Å². The van der Waals surface area contributed by atoms with Crippen LogP contribution in [0.5, 0.6) is 0 Å². The van der Waals surface area contributed by atoms with Gasteiger partial charge in [0.2, 0.25) is 11.8 Å². The minimum atomic E-state index is 0.1000. The molecule has 2 heterocycles. The van der Waals surface area contributed by atoms with E-state index in [0.717, 1.165) is 24.9 Å². The molecular weight excluding hydrogens is 290 g/mol. The van der Waals surface area contributed by atoms with Crippen molar-refractivity contribution in [3.63, 3.8) is 0 Å². The number of likely N-dealkylation sites (N-methyl/N-ethyl adjacent to an activating group) is 1. The standard InChI is InChI=1S/C18H25N3O2/c1-20(17(22)10-14-6-8-19-9-7-14)12-15-11-18(23)21(13-15)16-4-2-3-5-16/h6-9,15-16H,2-5,10-13H2,1H3. The fourth-order valence-corrected chi connectivity index (χ4v) is 3.80. The van der Waals surface area contributed by atoms with Gasteiger partial charge in [0, 0.05) is 50.9 Å². The summed E-state index contributed by atoms with van der Waals surface area (Å²) in [6.07, 6.45) is 9.17. The topological polar surface area (TPSA) is 53.5 Å². The second-order valence-electron chi connectivity index (χ2n) is 6.86. The average molecular weight is 315 g/mol. The van der Waals surface area contributed by atoms with E-state index in [-0.39, 0.29) is 17.7 Å². The summed E-state index contributed by atoms with van der Waals surface area (Å²) in [5.41, 5.74) is 0.979. The Bertz CT molecular complexity index is 555. The van der Waals surface area contributed by atoms with Gasteiger partial charge >= 0.3 is 0 Å². The number of aromatic nitrogens is 1. The average Bonchev–Trinajstić information content (AvgIpc) is 3.17. The van der Waals surface area contributed by atoms with Crippen LogP contribution in [0.25, 0.3) is 0 Å². The van der Waals surface area contributed by atoms with Crippen molar-refractivity contribution in [3.8, 4) is 0 Å². The van der Waals surface area contributed by atoms with Crippen LogP contribution in [0.2, 0.25) is 0 Å². The number of carbonyl (C=O) groups excluding carboxylic acids is 2. The molecule has 1 saturated carbocycles. The summed E-state index contributed by atoms with van der Waals surface area (Å²) in [7, 11) is 1.84. The lowest BCUT2D eigenvalue weighted by atomic mass is 10.1. The molecule has 1 aliphatic heterocycles. The monoisotopic (exact) mass is 315 g/mol. The number of amides is 2. The van der Waals surface area contributed by atoms with E-state index in [1.165, 1.54) is 12.8 Å². The molecule has 0 spiro atoms. The van der Waals surface area contributed by atoms with Gasteiger partial charge in [0.15, 0.2) is 0 Å². The maximum atomic E-state index is 12.3. The van der Waals surface area contributed by atoms with Crippen LogP contribution in [0.4, 0.5) is 0 Å². The largest absolute Gasteiger partial charge is 0.345 e. The van der Waals surface area contributed by atoms with Crippen molar-refractivity contribution < 1.29 is 9.59 Å². The van der Waals surface area contributed by atoms with E-state index in [4.69, 9.17) is 0 Å². The molecule has 2 fully saturated rings. The third-order valence-corrected chi connectivity index (χ3v) is 5.07. The first-order valence-electron chi connectivity index (χ1n) is 8.56. The van der Waals surface area contributed by atoms with Gasteiger partial charge in [-0.25, -0.2) is 0 Å². The fraction of sp³-hybridized carbons (Fsp3) is 0.611. The van der Waals surface area contributed by atoms with E-state index in [9.17, 15) is 9.59 Å². The SMILES string of the molecule is CN(CC1CC(=O)N(C2CCCC2)C1)C(=O)Cc1ccncc1. The number of hydrogen-bond acceptors (Lipinski definition) is 3. The van der Waals surface area contributed by atoms with Crippen molar-refractivity contribution >= 4 is 11.8 Å². The minimum Gasteiger partial charge on any atom is -0.345 e. The molecule has 23 heavy (non-hydrogen) atoms. The lowest BCUT2D eigenvalue weighted by Crippen LogP contribution is -2.36. The fourth-order valence-electron chi connectivity index (χ4n) is 3.80. The second-order valence-corrected chi connectivity index (χ2v) is 6.86. The van der Waals surface area contributed by atoms with Crippen LogP contribution in [0.1, 0.15) is 37.7 Å². The first kappa shape index (κ1) is 16.0. The van der Waals surface area contributed by atoms with E-state index in [0.29, 0.717) is 25.4 Å². The minimum absolute atomic E-state index is 0.1000. The Hall–Kier alpha value is -1.91. The predicted octanol–water partition coefficient (Wildman–Crippen LogP) is 1.87. The zero-order chi connectivity index (χ0) is 16.2. The van der Waals surface area contributed by atoms with Gasteiger partial charge in [0.05, 0.1) is 6.42 Å². The zero-order valence-electron chi connectivity index (χ0n) is 13.8. The van der Waals surface area contributed by atoms with E-state index in [1.807, 2.05) is 19.2 Å². The number of carbonyl (C=O) groups is 2. The van der Waals surface area contributed by atoms with Gasteiger partial charge in [-0.1, -0.05) is 12.8 Å². The third-order valence-electron chi connectivity index (χ3n) is 5.07. The molecule has 1 aromatic rings. The third kappa shape index (κ3) is 3.89. The summed E-state index contributed by atoms with van der Waals surface area (Å²) < 4.78 is 0. The first-order valence-corrected chi connectivity index (χ1v) is 8.56. The van der Waals surface area contributed by atoms with Gasteiger partial charge in [0.1, 0.15) is 0 Å². The Morgan fingerprint density at radius 1 is 1.30 bits per heavy atom. The highest BCUT2D eigenvalue weighted by Gasteiger charge is 2.36. The van der Waals surface area contributed by atoms with Crippen molar-refractivity contribution in [2.75, 3.05) is 20.1 Å². The zero-order valence-corrected chi connectivity index (χ0v) is 13.8. The van der Waals surface area contributed by atoms with Crippen LogP contribution in [-0.4, -0.2) is 52.8 Å². The molecule has 1 aliphatic carbocycles. The van der Waals surface area contributed by atoms with Crippen molar-refractivity contribution in [2.45, 2.75) is 44.6 Å². The maximum Gasteiger partial charge on any atom is 0.226 e. The molecule has 0 N–H and O–H groups in total. The Kier molecular flexibility index (Phi) is 4.94. The normalized spacial score (nSPS) is 21.9. The molecule has 0 bridgehead atoms. The number of nitrogens with zero attached hydrogens (tertiary/aromatic N) is 3. The molecule has 1 aromatic heterocycles. The van der Waals surface area contributed by atoms with Crippen LogP contribution in [-0.2, 0) is 16.0 Å². The van der Waals surface area contributed by atoms with Crippen LogP contribution in [0.15, 0.2) is 24.5 Å². The van der Waals surface area contributed by atoms with Crippen LogP contribution in [0.3, 0.4) is 0 Å². The number of hydrogen-bond donors (Lipinski definition) is 0. The van der Waals surface area contributed by atoms with Gasteiger partial charge in [-0.15, -0.1) is 0 Å². The lowest BCUT2D eigenvalue weighted by molar-refractivity contribution is -0.130. The summed E-state index contributed by atoms with van der Waals surface area (Å²) in [5, 5.41) is 0. The molecule has 3 rings (SSSR count). The van der Waals surface area contributed by atoms with E-state index >= 15 is 0 Å². The van der Waals surface area contributed by atoms with Gasteiger partial charge in [-0.3, -0.25) is 14.6 Å². The number of rotatable bonds is 5. The second kappa shape index (κ2) is 7.11. The summed E-state index contributed by atoms with van der Waals surface area (Å²) >= 11 is 0. The van der Waals surface area contributed by atoms with Crippen molar-refractivity contribution in [3.05, 3.63) is 30.1 Å². The first-order chi connectivity index (χ1) is 11.1. The number of likely N-dealkylation sites (tertiary alicyclic amines) is 1. The molecule has 1 unspecified atom stereocenters. The Morgan fingerprint density at radius 3 is 2.70 bits per heavy atom. The molecule has 2 aliphatic rings. The molecule has 1 saturated heterocycles. The Labute approximate surface area is 137 Å². The summed E-state index contributed by atoms with van der Waals surface area (Å²) in [4.78, 5) is 32.4. The van der Waals surface area contributed by atoms with E-state index < -0.39 is 0 Å². The van der Waals surface area contributed by atoms with Gasteiger partial charge in [-0.2, -0.15) is 0 Å². The summed E-state index contributed by atoms with van der Waals surface area (Å²) in [5.74, 6) is 0.648. The van der Waals surface area contributed by atoms with Crippen molar-refractivity contribution in [1.29, 1.82) is 0 Å². The lowest BCUT2D eigenvalue weighted by Gasteiger charge is -2.25. The Morgan fingerprint density at radius 2 is 2.00 bits per heavy atom.